The van der Waals surface area contributed by atoms with Crippen LogP contribution in [0.1, 0.15) is 32.0 Å². The molecule has 0 aliphatic rings. The molecule has 5 heteroatoms. The Balaban J connectivity index is 1.98. The largest absolute Gasteiger partial charge is 0.311 e. The molecule has 23 heavy (non-hydrogen) atoms. The first-order chi connectivity index (χ1) is 11.0. The van der Waals surface area contributed by atoms with Crippen molar-refractivity contribution in [2.24, 2.45) is 0 Å². The summed E-state index contributed by atoms with van der Waals surface area (Å²) in [6.07, 6.45) is 0. The zero-order valence-corrected chi connectivity index (χ0v) is 15.3. The van der Waals surface area contributed by atoms with Crippen LogP contribution in [0.15, 0.2) is 30.3 Å². The SMILES string of the molecule is CCN(CCNCc1c(C)nn(-c2ccccc2)c1Cl)C(C)C. The molecule has 0 radical (unpaired) electrons. The third kappa shape index (κ3) is 4.56. The minimum atomic E-state index is 0.577. The molecule has 0 amide bonds. The molecular formula is C18H27ClN4. The number of nitrogens with zero attached hydrogens (tertiary/aromatic N) is 3. The molecule has 0 unspecified atom stereocenters. The van der Waals surface area contributed by atoms with Crippen LogP contribution in [0.4, 0.5) is 0 Å². The number of benzene rings is 1. The van der Waals surface area contributed by atoms with Crippen molar-refractivity contribution < 1.29 is 0 Å². The van der Waals surface area contributed by atoms with Crippen LogP contribution in [-0.2, 0) is 6.54 Å². The fourth-order valence-corrected chi connectivity index (χ4v) is 3.03. The molecule has 2 aromatic rings. The predicted molar refractivity (Wildman–Crippen MR) is 97.4 cm³/mol. The first-order valence-electron chi connectivity index (χ1n) is 8.28. The van der Waals surface area contributed by atoms with Crippen molar-refractivity contribution in [1.82, 2.24) is 20.0 Å². The van der Waals surface area contributed by atoms with Gasteiger partial charge in [0.25, 0.3) is 0 Å². The van der Waals surface area contributed by atoms with Crippen molar-refractivity contribution >= 4 is 11.6 Å². The van der Waals surface area contributed by atoms with Crippen molar-refractivity contribution in [1.29, 1.82) is 0 Å². The maximum Gasteiger partial charge on any atom is 0.137 e. The van der Waals surface area contributed by atoms with Gasteiger partial charge in [0.05, 0.1) is 11.4 Å². The molecule has 2 rings (SSSR count). The van der Waals surface area contributed by atoms with Crippen LogP contribution < -0.4 is 5.32 Å². The molecule has 4 nitrogen and oxygen atoms in total. The maximum atomic E-state index is 6.53. The zero-order chi connectivity index (χ0) is 16.8. The van der Waals surface area contributed by atoms with E-state index in [2.05, 4.69) is 36.1 Å². The van der Waals surface area contributed by atoms with E-state index in [-0.39, 0.29) is 0 Å². The van der Waals surface area contributed by atoms with Gasteiger partial charge in [-0.15, -0.1) is 0 Å². The average molecular weight is 335 g/mol. The monoisotopic (exact) mass is 334 g/mol. The second kappa shape index (κ2) is 8.48. The first-order valence-corrected chi connectivity index (χ1v) is 8.66. The number of halogens is 1. The van der Waals surface area contributed by atoms with Crippen molar-refractivity contribution in [2.75, 3.05) is 19.6 Å². The third-order valence-electron chi connectivity index (χ3n) is 4.14. The first kappa shape index (κ1) is 18.0. The van der Waals surface area contributed by atoms with Gasteiger partial charge >= 0.3 is 0 Å². The van der Waals surface area contributed by atoms with E-state index in [0.29, 0.717) is 11.2 Å². The maximum absolute atomic E-state index is 6.53. The lowest BCUT2D eigenvalue weighted by Gasteiger charge is -2.24. The average Bonchev–Trinajstić information content (AvgIpc) is 2.83. The van der Waals surface area contributed by atoms with Crippen molar-refractivity contribution in [3.8, 4) is 5.69 Å². The Morgan fingerprint density at radius 2 is 1.96 bits per heavy atom. The number of aromatic nitrogens is 2. The second-order valence-corrected chi connectivity index (χ2v) is 6.36. The highest BCUT2D eigenvalue weighted by atomic mass is 35.5. The van der Waals surface area contributed by atoms with Gasteiger partial charge < -0.3 is 5.32 Å². The number of hydrogen-bond acceptors (Lipinski definition) is 3. The quantitative estimate of drug-likeness (QED) is 0.748. The van der Waals surface area contributed by atoms with Gasteiger partial charge in [-0.3, -0.25) is 4.90 Å². The van der Waals surface area contributed by atoms with Gasteiger partial charge in [-0.05, 0) is 39.4 Å². The van der Waals surface area contributed by atoms with E-state index in [1.165, 1.54) is 0 Å². The molecule has 1 N–H and O–H groups in total. The number of nitrogens with one attached hydrogen (secondary N) is 1. The molecule has 1 aromatic carbocycles. The van der Waals surface area contributed by atoms with Crippen molar-refractivity contribution in [3.05, 3.63) is 46.7 Å². The van der Waals surface area contributed by atoms with Gasteiger partial charge in [-0.25, -0.2) is 4.68 Å². The molecule has 0 fully saturated rings. The van der Waals surface area contributed by atoms with E-state index in [0.717, 1.165) is 43.1 Å². The molecule has 0 aliphatic heterocycles. The minimum Gasteiger partial charge on any atom is -0.311 e. The van der Waals surface area contributed by atoms with Gasteiger partial charge in [0.2, 0.25) is 0 Å². The number of hydrogen-bond donors (Lipinski definition) is 1. The van der Waals surface area contributed by atoms with Crippen LogP contribution in [0.25, 0.3) is 5.69 Å². The molecule has 0 atom stereocenters. The summed E-state index contributed by atoms with van der Waals surface area (Å²) in [7, 11) is 0. The molecule has 1 aromatic heterocycles. The van der Waals surface area contributed by atoms with E-state index in [1.54, 1.807) is 4.68 Å². The Labute approximate surface area is 144 Å². The van der Waals surface area contributed by atoms with Crippen molar-refractivity contribution in [2.45, 2.75) is 40.3 Å². The van der Waals surface area contributed by atoms with Gasteiger partial charge in [-0.2, -0.15) is 5.10 Å². The van der Waals surface area contributed by atoms with Crippen LogP contribution >= 0.6 is 11.6 Å². The zero-order valence-electron chi connectivity index (χ0n) is 14.5. The summed E-state index contributed by atoms with van der Waals surface area (Å²) < 4.78 is 1.81. The Morgan fingerprint density at radius 3 is 2.57 bits per heavy atom. The summed E-state index contributed by atoms with van der Waals surface area (Å²) in [5.74, 6) is 0. The van der Waals surface area contributed by atoms with Gasteiger partial charge in [0.15, 0.2) is 0 Å². The Hall–Kier alpha value is -1.36. The molecule has 0 spiro atoms. The Morgan fingerprint density at radius 1 is 1.26 bits per heavy atom. The summed E-state index contributed by atoms with van der Waals surface area (Å²) in [5, 5.41) is 8.75. The molecule has 1 heterocycles. The highest BCUT2D eigenvalue weighted by Crippen LogP contribution is 2.23. The van der Waals surface area contributed by atoms with E-state index in [4.69, 9.17) is 11.6 Å². The number of aryl methyl sites for hydroxylation is 1. The lowest BCUT2D eigenvalue weighted by atomic mass is 10.2. The summed E-state index contributed by atoms with van der Waals surface area (Å²) in [6.45, 7) is 12.5. The number of rotatable bonds is 8. The second-order valence-electron chi connectivity index (χ2n) is 6.00. The highest BCUT2D eigenvalue weighted by molar-refractivity contribution is 6.30. The van der Waals surface area contributed by atoms with E-state index >= 15 is 0 Å². The topological polar surface area (TPSA) is 33.1 Å². The van der Waals surface area contributed by atoms with E-state index < -0.39 is 0 Å². The molecule has 0 bridgehead atoms. The van der Waals surface area contributed by atoms with Crippen molar-refractivity contribution in [3.63, 3.8) is 0 Å². The highest BCUT2D eigenvalue weighted by Gasteiger charge is 2.14. The van der Waals surface area contributed by atoms with E-state index in [9.17, 15) is 0 Å². The van der Waals surface area contributed by atoms with Gasteiger partial charge in [0, 0.05) is 31.2 Å². The molecule has 0 aliphatic carbocycles. The van der Waals surface area contributed by atoms with Crippen LogP contribution in [0.5, 0.6) is 0 Å². The number of para-hydroxylation sites is 1. The number of likely N-dealkylation sites (N-methyl/N-ethyl adjacent to an activating group) is 1. The third-order valence-corrected chi connectivity index (χ3v) is 4.52. The molecule has 126 valence electrons. The van der Waals surface area contributed by atoms with Crippen LogP contribution in [0.2, 0.25) is 5.15 Å². The Kier molecular flexibility index (Phi) is 6.63. The van der Waals surface area contributed by atoms with Crippen LogP contribution in [0, 0.1) is 6.92 Å². The lowest BCUT2D eigenvalue weighted by molar-refractivity contribution is 0.233. The fourth-order valence-electron chi connectivity index (χ4n) is 2.69. The molecule has 0 saturated carbocycles. The lowest BCUT2D eigenvalue weighted by Crippen LogP contribution is -2.36. The predicted octanol–water partition coefficient (Wildman–Crippen LogP) is 3.65. The smallest absolute Gasteiger partial charge is 0.137 e. The minimum absolute atomic E-state index is 0.577. The Bertz CT molecular complexity index is 607. The molecule has 0 saturated heterocycles. The van der Waals surface area contributed by atoms with E-state index in [1.807, 2.05) is 37.3 Å². The fraction of sp³-hybridized carbons (Fsp3) is 0.500. The summed E-state index contributed by atoms with van der Waals surface area (Å²) in [6, 6.07) is 10.6. The van der Waals surface area contributed by atoms with Crippen LogP contribution in [-0.4, -0.2) is 40.4 Å². The van der Waals surface area contributed by atoms with Crippen LogP contribution in [0.3, 0.4) is 0 Å². The summed E-state index contributed by atoms with van der Waals surface area (Å²) in [5.41, 5.74) is 3.04. The normalized spacial score (nSPS) is 11.6. The van der Waals surface area contributed by atoms with Gasteiger partial charge in [-0.1, -0.05) is 36.7 Å². The summed E-state index contributed by atoms with van der Waals surface area (Å²) >= 11 is 6.53. The standard InChI is InChI=1S/C18H27ClN4/c1-5-22(14(2)3)12-11-20-13-17-15(4)21-23(18(17)19)16-9-7-6-8-10-16/h6-10,14,20H,5,11-13H2,1-4H3. The van der Waals surface area contributed by atoms with Gasteiger partial charge in [0.1, 0.15) is 5.15 Å². The molecular weight excluding hydrogens is 308 g/mol. The summed E-state index contributed by atoms with van der Waals surface area (Å²) in [4.78, 5) is 2.44.